The molecule has 3 aromatic rings. The third-order valence-electron chi connectivity index (χ3n) is 4.80. The molecule has 3 rings (SSSR count). The Morgan fingerprint density at radius 1 is 1.12 bits per heavy atom. The zero-order valence-corrected chi connectivity index (χ0v) is 20.5. The van der Waals surface area contributed by atoms with Gasteiger partial charge in [-0.1, -0.05) is 37.3 Å². The van der Waals surface area contributed by atoms with Crippen molar-refractivity contribution in [1.82, 2.24) is 4.57 Å². The van der Waals surface area contributed by atoms with Crippen LogP contribution < -0.4 is 9.54 Å². The maximum absolute atomic E-state index is 12.5. The van der Waals surface area contributed by atoms with E-state index >= 15 is 0 Å². The molecule has 0 unspecified atom stereocenters. The van der Waals surface area contributed by atoms with E-state index in [1.165, 1.54) is 12.1 Å². The zero-order chi connectivity index (χ0) is 24.2. The minimum atomic E-state index is -3.41. The largest absolute Gasteiger partial charge is 0.484 e. The molecule has 0 fully saturated rings. The fourth-order valence-electron chi connectivity index (χ4n) is 3.09. The summed E-state index contributed by atoms with van der Waals surface area (Å²) in [7, 11) is -3.41. The van der Waals surface area contributed by atoms with Crippen LogP contribution in [0.1, 0.15) is 32.3 Å². The standard InChI is InChI=1S/C23H26N2O6S2/c1-5-30-22(27)13-25-19-11-10-18(33(4,28)29)12-20(19)32-23(25)24-21(26)14-31-17-8-6-16(7-9-17)15(2)3/h6-12,15H,5,13-14H2,1-4H3. The Morgan fingerprint density at radius 2 is 1.82 bits per heavy atom. The highest BCUT2D eigenvalue weighted by Crippen LogP contribution is 2.22. The normalized spacial score (nSPS) is 12.3. The van der Waals surface area contributed by atoms with Crippen LogP contribution in [0.25, 0.3) is 10.2 Å². The third kappa shape index (κ3) is 6.29. The zero-order valence-electron chi connectivity index (χ0n) is 18.9. The summed E-state index contributed by atoms with van der Waals surface area (Å²) in [5.74, 6) is -0.0756. The molecule has 0 saturated heterocycles. The maximum atomic E-state index is 12.5. The molecule has 2 aromatic carbocycles. The van der Waals surface area contributed by atoms with Gasteiger partial charge in [0.25, 0.3) is 5.91 Å². The van der Waals surface area contributed by atoms with Crippen molar-refractivity contribution in [2.45, 2.75) is 38.1 Å². The number of benzene rings is 2. The summed E-state index contributed by atoms with van der Waals surface area (Å²) >= 11 is 1.12. The van der Waals surface area contributed by atoms with Crippen molar-refractivity contribution >= 4 is 43.3 Å². The number of nitrogens with zero attached hydrogens (tertiary/aromatic N) is 2. The summed E-state index contributed by atoms with van der Waals surface area (Å²) in [6, 6.07) is 12.1. The first-order valence-corrected chi connectivity index (χ1v) is 13.1. The van der Waals surface area contributed by atoms with Crippen molar-refractivity contribution in [3.63, 3.8) is 0 Å². The average Bonchev–Trinajstić information content (AvgIpc) is 3.08. The Bertz CT molecular complexity index is 1340. The van der Waals surface area contributed by atoms with Gasteiger partial charge in [-0.05, 0) is 48.7 Å². The number of sulfone groups is 1. The number of thiazole rings is 1. The number of carbonyl (C=O) groups excluding carboxylic acids is 2. The molecule has 0 aliphatic carbocycles. The first-order chi connectivity index (χ1) is 15.6. The van der Waals surface area contributed by atoms with Gasteiger partial charge in [-0.3, -0.25) is 9.59 Å². The minimum absolute atomic E-state index is 0.144. The summed E-state index contributed by atoms with van der Waals surface area (Å²) in [5, 5.41) is 0. The van der Waals surface area contributed by atoms with E-state index in [-0.39, 0.29) is 29.5 Å². The topological polar surface area (TPSA) is 104 Å². The number of carbonyl (C=O) groups is 2. The van der Waals surface area contributed by atoms with Crippen LogP contribution in [0.4, 0.5) is 0 Å². The van der Waals surface area contributed by atoms with Crippen LogP contribution in [0.5, 0.6) is 5.75 Å². The molecule has 0 aliphatic rings. The van der Waals surface area contributed by atoms with Gasteiger partial charge in [0.1, 0.15) is 12.3 Å². The molecule has 0 N–H and O–H groups in total. The lowest BCUT2D eigenvalue weighted by Crippen LogP contribution is -2.24. The Morgan fingerprint density at radius 3 is 2.42 bits per heavy atom. The van der Waals surface area contributed by atoms with E-state index in [2.05, 4.69) is 18.8 Å². The van der Waals surface area contributed by atoms with Gasteiger partial charge >= 0.3 is 5.97 Å². The Labute approximate surface area is 196 Å². The second-order valence-corrected chi connectivity index (χ2v) is 10.7. The predicted molar refractivity (Wildman–Crippen MR) is 126 cm³/mol. The van der Waals surface area contributed by atoms with Crippen molar-refractivity contribution in [2.75, 3.05) is 19.5 Å². The average molecular weight is 491 g/mol. The highest BCUT2D eigenvalue weighted by atomic mass is 32.2. The summed E-state index contributed by atoms with van der Waals surface area (Å²) in [6.07, 6.45) is 1.12. The Kier molecular flexibility index (Phi) is 7.70. The number of amides is 1. The van der Waals surface area contributed by atoms with Crippen molar-refractivity contribution in [1.29, 1.82) is 0 Å². The van der Waals surface area contributed by atoms with Gasteiger partial charge < -0.3 is 14.0 Å². The van der Waals surface area contributed by atoms with Crippen molar-refractivity contribution < 1.29 is 27.5 Å². The molecular formula is C23H26N2O6S2. The second kappa shape index (κ2) is 10.3. The van der Waals surface area contributed by atoms with E-state index in [1.807, 2.05) is 12.1 Å². The fraction of sp³-hybridized carbons (Fsp3) is 0.348. The van der Waals surface area contributed by atoms with Crippen LogP contribution in [-0.4, -0.2) is 44.3 Å². The molecule has 10 heteroatoms. The Hall–Kier alpha value is -2.98. The monoisotopic (exact) mass is 490 g/mol. The number of rotatable bonds is 8. The maximum Gasteiger partial charge on any atom is 0.326 e. The van der Waals surface area contributed by atoms with Crippen LogP contribution in [0.2, 0.25) is 0 Å². The van der Waals surface area contributed by atoms with Gasteiger partial charge in [0.15, 0.2) is 21.2 Å². The lowest BCUT2D eigenvalue weighted by atomic mass is 10.0. The minimum Gasteiger partial charge on any atom is -0.484 e. The number of fused-ring (bicyclic) bond motifs is 1. The summed E-state index contributed by atoms with van der Waals surface area (Å²) in [6.45, 7) is 5.67. The van der Waals surface area contributed by atoms with Crippen molar-refractivity contribution in [3.05, 3.63) is 52.8 Å². The van der Waals surface area contributed by atoms with Crippen LogP contribution in [0.3, 0.4) is 0 Å². The van der Waals surface area contributed by atoms with Gasteiger partial charge in [-0.2, -0.15) is 4.99 Å². The lowest BCUT2D eigenvalue weighted by Gasteiger charge is -2.07. The van der Waals surface area contributed by atoms with Crippen LogP contribution in [0.15, 0.2) is 52.4 Å². The van der Waals surface area contributed by atoms with Crippen LogP contribution in [0, 0.1) is 0 Å². The number of hydrogen-bond donors (Lipinski definition) is 0. The number of esters is 1. The Balaban J connectivity index is 1.91. The van der Waals surface area contributed by atoms with Gasteiger partial charge in [0.2, 0.25) is 0 Å². The molecule has 0 saturated carbocycles. The molecule has 8 nitrogen and oxygen atoms in total. The molecule has 176 valence electrons. The van der Waals surface area contributed by atoms with Gasteiger partial charge in [0.05, 0.1) is 21.7 Å². The summed E-state index contributed by atoms with van der Waals surface area (Å²) in [5.41, 5.74) is 1.74. The molecule has 1 heterocycles. The smallest absolute Gasteiger partial charge is 0.326 e. The first-order valence-electron chi connectivity index (χ1n) is 10.4. The van der Waals surface area contributed by atoms with Gasteiger partial charge in [0, 0.05) is 6.26 Å². The molecule has 0 atom stereocenters. The van der Waals surface area contributed by atoms with E-state index in [9.17, 15) is 18.0 Å². The number of ether oxygens (including phenoxy) is 2. The van der Waals surface area contributed by atoms with E-state index in [0.29, 0.717) is 21.9 Å². The molecular weight excluding hydrogens is 464 g/mol. The molecule has 0 bridgehead atoms. The summed E-state index contributed by atoms with van der Waals surface area (Å²) < 4.78 is 36.5. The SMILES string of the molecule is CCOC(=O)Cn1c(=NC(=O)COc2ccc(C(C)C)cc2)sc2cc(S(C)(=O)=O)ccc21. The number of aromatic nitrogens is 1. The molecule has 0 aliphatic heterocycles. The van der Waals surface area contributed by atoms with Crippen molar-refractivity contribution in [3.8, 4) is 5.75 Å². The molecule has 0 spiro atoms. The van der Waals surface area contributed by atoms with E-state index in [1.54, 1.807) is 29.7 Å². The molecule has 1 amide bonds. The van der Waals surface area contributed by atoms with E-state index in [0.717, 1.165) is 23.2 Å². The summed E-state index contributed by atoms with van der Waals surface area (Å²) in [4.78, 5) is 29.2. The predicted octanol–water partition coefficient (Wildman–Crippen LogP) is 3.30. The van der Waals surface area contributed by atoms with Crippen LogP contribution in [-0.2, 0) is 30.7 Å². The molecule has 0 radical (unpaired) electrons. The quantitative estimate of drug-likeness (QED) is 0.449. The number of hydrogen-bond acceptors (Lipinski definition) is 7. The lowest BCUT2D eigenvalue weighted by molar-refractivity contribution is -0.143. The highest BCUT2D eigenvalue weighted by Gasteiger charge is 2.15. The van der Waals surface area contributed by atoms with E-state index in [4.69, 9.17) is 9.47 Å². The molecule has 1 aromatic heterocycles. The van der Waals surface area contributed by atoms with E-state index < -0.39 is 21.7 Å². The van der Waals surface area contributed by atoms with Crippen LogP contribution >= 0.6 is 11.3 Å². The van der Waals surface area contributed by atoms with Crippen molar-refractivity contribution in [2.24, 2.45) is 4.99 Å². The van der Waals surface area contributed by atoms with Gasteiger partial charge in [-0.25, -0.2) is 8.42 Å². The third-order valence-corrected chi connectivity index (χ3v) is 6.96. The molecule has 33 heavy (non-hydrogen) atoms. The second-order valence-electron chi connectivity index (χ2n) is 7.70. The fourth-order valence-corrected chi connectivity index (χ4v) is 4.90. The first kappa shape index (κ1) is 24.7. The van der Waals surface area contributed by atoms with Gasteiger partial charge in [-0.15, -0.1) is 0 Å². The highest BCUT2D eigenvalue weighted by molar-refractivity contribution is 7.90.